The van der Waals surface area contributed by atoms with Crippen molar-refractivity contribution in [3.05, 3.63) is 96.3 Å². The Labute approximate surface area is 195 Å². The summed E-state index contributed by atoms with van der Waals surface area (Å²) in [7, 11) is 1.58. The van der Waals surface area contributed by atoms with Crippen molar-refractivity contribution in [2.75, 3.05) is 17.7 Å². The van der Waals surface area contributed by atoms with E-state index in [0.29, 0.717) is 39.9 Å². The third-order valence-electron chi connectivity index (χ3n) is 5.04. The number of anilines is 2. The average Bonchev–Trinajstić information content (AvgIpc) is 3.33. The summed E-state index contributed by atoms with van der Waals surface area (Å²) >= 11 is 0. The normalized spacial score (nSPS) is 10.5. The fourth-order valence-corrected chi connectivity index (χ4v) is 3.24. The lowest BCUT2D eigenvalue weighted by Crippen LogP contribution is -2.14. The molecule has 0 aliphatic heterocycles. The molecule has 1 heterocycles. The molecule has 1 aromatic heterocycles. The lowest BCUT2D eigenvalue weighted by molar-refractivity contribution is -0.116. The van der Waals surface area contributed by atoms with Crippen LogP contribution in [0.25, 0.3) is 11.3 Å². The van der Waals surface area contributed by atoms with Gasteiger partial charge in [-0.25, -0.2) is 9.37 Å². The first-order valence-electron chi connectivity index (χ1n) is 10.6. The fraction of sp³-hybridized carbons (Fsp3) is 0.115. The maximum Gasteiger partial charge on any atom is 0.255 e. The van der Waals surface area contributed by atoms with Gasteiger partial charge in [0.15, 0.2) is 11.7 Å². The highest BCUT2D eigenvalue weighted by Crippen LogP contribution is 2.23. The number of oxazole rings is 1. The number of hydrogen-bond donors (Lipinski definition) is 2. The van der Waals surface area contributed by atoms with E-state index in [0.717, 1.165) is 0 Å². The Morgan fingerprint density at radius 1 is 0.941 bits per heavy atom. The summed E-state index contributed by atoms with van der Waals surface area (Å²) in [6, 6.07) is 19.8. The van der Waals surface area contributed by atoms with Gasteiger partial charge in [0.2, 0.25) is 5.91 Å². The highest BCUT2D eigenvalue weighted by molar-refractivity contribution is 6.04. The minimum Gasteiger partial charge on any atom is -0.497 e. The molecule has 0 spiro atoms. The van der Waals surface area contributed by atoms with Crippen LogP contribution >= 0.6 is 0 Å². The topological polar surface area (TPSA) is 93.5 Å². The Bertz CT molecular complexity index is 1280. The maximum absolute atomic E-state index is 13.9. The molecule has 0 atom stereocenters. The second-order valence-corrected chi connectivity index (χ2v) is 7.41. The third kappa shape index (κ3) is 5.66. The van der Waals surface area contributed by atoms with Crippen LogP contribution in [0.5, 0.6) is 5.75 Å². The molecule has 0 unspecified atom stereocenters. The van der Waals surface area contributed by atoms with E-state index in [4.69, 9.17) is 9.15 Å². The second kappa shape index (κ2) is 10.4. The molecule has 34 heavy (non-hydrogen) atoms. The lowest BCUT2D eigenvalue weighted by Gasteiger charge is -2.08. The minimum atomic E-state index is -0.399. The first kappa shape index (κ1) is 22.7. The summed E-state index contributed by atoms with van der Waals surface area (Å²) in [5, 5.41) is 5.58. The molecule has 0 fully saturated rings. The maximum atomic E-state index is 13.9. The fourth-order valence-electron chi connectivity index (χ4n) is 3.24. The van der Waals surface area contributed by atoms with Crippen LogP contribution in [0.2, 0.25) is 0 Å². The summed E-state index contributed by atoms with van der Waals surface area (Å²) in [6.07, 6.45) is 1.85. The summed E-state index contributed by atoms with van der Waals surface area (Å²) in [6.45, 7) is 0. The molecular formula is C26H22FN3O4. The van der Waals surface area contributed by atoms with Gasteiger partial charge < -0.3 is 19.8 Å². The number of halogens is 1. The van der Waals surface area contributed by atoms with E-state index >= 15 is 0 Å². The molecule has 8 heteroatoms. The van der Waals surface area contributed by atoms with Crippen molar-refractivity contribution in [3.63, 3.8) is 0 Å². The largest absolute Gasteiger partial charge is 0.497 e. The zero-order valence-corrected chi connectivity index (χ0v) is 18.4. The molecule has 0 saturated carbocycles. The van der Waals surface area contributed by atoms with Gasteiger partial charge in [-0.3, -0.25) is 9.59 Å². The first-order chi connectivity index (χ1) is 16.5. The van der Waals surface area contributed by atoms with E-state index < -0.39 is 5.82 Å². The smallest absolute Gasteiger partial charge is 0.255 e. The number of methoxy groups -OCH3 is 1. The monoisotopic (exact) mass is 459 g/mol. The van der Waals surface area contributed by atoms with E-state index in [9.17, 15) is 14.0 Å². The summed E-state index contributed by atoms with van der Waals surface area (Å²) in [5.41, 5.74) is 1.98. The van der Waals surface area contributed by atoms with Crippen LogP contribution in [0.15, 0.2) is 83.4 Å². The molecule has 7 nitrogen and oxygen atoms in total. The number of carbonyl (C=O) groups excluding carboxylic acids is 2. The van der Waals surface area contributed by atoms with Gasteiger partial charge in [-0.05, 0) is 60.7 Å². The van der Waals surface area contributed by atoms with Crippen LogP contribution in [-0.2, 0) is 11.2 Å². The van der Waals surface area contributed by atoms with Crippen LogP contribution in [0.1, 0.15) is 22.7 Å². The predicted molar refractivity (Wildman–Crippen MR) is 126 cm³/mol. The van der Waals surface area contributed by atoms with Crippen LogP contribution in [0.4, 0.5) is 15.8 Å². The summed E-state index contributed by atoms with van der Waals surface area (Å²) in [4.78, 5) is 28.8. The number of hydrogen-bond acceptors (Lipinski definition) is 5. The lowest BCUT2D eigenvalue weighted by atomic mass is 10.2. The first-order valence-corrected chi connectivity index (χ1v) is 10.6. The third-order valence-corrected chi connectivity index (χ3v) is 5.04. The van der Waals surface area contributed by atoms with Crippen molar-refractivity contribution < 1.29 is 23.1 Å². The van der Waals surface area contributed by atoms with Gasteiger partial charge >= 0.3 is 0 Å². The Morgan fingerprint density at radius 3 is 2.32 bits per heavy atom. The summed E-state index contributed by atoms with van der Waals surface area (Å²) < 4.78 is 24.5. The van der Waals surface area contributed by atoms with Gasteiger partial charge in [-0.15, -0.1) is 0 Å². The Hall–Kier alpha value is -4.46. The van der Waals surface area contributed by atoms with Gasteiger partial charge in [-0.1, -0.05) is 12.1 Å². The van der Waals surface area contributed by atoms with Crippen molar-refractivity contribution in [3.8, 4) is 17.1 Å². The Morgan fingerprint density at radius 2 is 1.62 bits per heavy atom. The van der Waals surface area contributed by atoms with Crippen molar-refractivity contribution in [1.29, 1.82) is 0 Å². The molecule has 2 N–H and O–H groups in total. The standard InChI is InChI=1S/C26H22FN3O4/c1-33-20-12-10-19(11-13-20)30-26(32)17-6-8-18(9-7-17)29-24(31)14-15-25-28-16-23(34-25)21-4-2-3-5-22(21)27/h2-13,16H,14-15H2,1H3,(H,29,31)(H,30,32). The highest BCUT2D eigenvalue weighted by Gasteiger charge is 2.12. The molecule has 3 aromatic carbocycles. The second-order valence-electron chi connectivity index (χ2n) is 7.41. The van der Waals surface area contributed by atoms with Crippen LogP contribution in [0, 0.1) is 5.82 Å². The van der Waals surface area contributed by atoms with Crippen LogP contribution in [0.3, 0.4) is 0 Å². The molecule has 0 saturated heterocycles. The molecular weight excluding hydrogens is 437 g/mol. The number of rotatable bonds is 8. The average molecular weight is 459 g/mol. The van der Waals surface area contributed by atoms with Gasteiger partial charge in [0.25, 0.3) is 5.91 Å². The molecule has 4 aromatic rings. The number of benzene rings is 3. The molecule has 0 aliphatic carbocycles. The van der Waals surface area contributed by atoms with Gasteiger partial charge in [0.05, 0.1) is 18.9 Å². The highest BCUT2D eigenvalue weighted by atomic mass is 19.1. The van der Waals surface area contributed by atoms with Crippen LogP contribution in [-0.4, -0.2) is 23.9 Å². The van der Waals surface area contributed by atoms with Gasteiger partial charge in [0.1, 0.15) is 11.6 Å². The van der Waals surface area contributed by atoms with Gasteiger partial charge in [-0.2, -0.15) is 0 Å². The Balaban J connectivity index is 1.28. The van der Waals surface area contributed by atoms with Crippen molar-refractivity contribution in [2.45, 2.75) is 12.8 Å². The number of aryl methyl sites for hydroxylation is 1. The van der Waals surface area contributed by atoms with E-state index in [1.807, 2.05) is 0 Å². The van der Waals surface area contributed by atoms with E-state index in [-0.39, 0.29) is 24.7 Å². The van der Waals surface area contributed by atoms with Crippen molar-refractivity contribution in [1.82, 2.24) is 4.98 Å². The zero-order valence-electron chi connectivity index (χ0n) is 18.4. The van der Waals surface area contributed by atoms with E-state index in [2.05, 4.69) is 15.6 Å². The number of carbonyl (C=O) groups is 2. The van der Waals surface area contributed by atoms with E-state index in [1.54, 1.807) is 73.8 Å². The number of nitrogens with zero attached hydrogens (tertiary/aromatic N) is 1. The molecule has 0 bridgehead atoms. The molecule has 0 aliphatic rings. The van der Waals surface area contributed by atoms with Gasteiger partial charge in [0, 0.05) is 29.8 Å². The van der Waals surface area contributed by atoms with Crippen molar-refractivity contribution in [2.24, 2.45) is 0 Å². The minimum absolute atomic E-state index is 0.136. The van der Waals surface area contributed by atoms with E-state index in [1.165, 1.54) is 12.3 Å². The molecule has 0 radical (unpaired) electrons. The molecule has 2 amide bonds. The van der Waals surface area contributed by atoms with Crippen LogP contribution < -0.4 is 15.4 Å². The zero-order chi connectivity index (χ0) is 23.9. The number of ether oxygens (including phenoxy) is 1. The molecule has 172 valence electrons. The molecule has 4 rings (SSSR count). The van der Waals surface area contributed by atoms with Crippen molar-refractivity contribution >= 4 is 23.2 Å². The SMILES string of the molecule is COc1ccc(NC(=O)c2ccc(NC(=O)CCc3ncc(-c4ccccc4F)o3)cc2)cc1. The number of aromatic nitrogens is 1. The summed E-state index contributed by atoms with van der Waals surface area (Å²) in [5.74, 6) is 0.463. The number of nitrogens with one attached hydrogen (secondary N) is 2. The quantitative estimate of drug-likeness (QED) is 0.372. The predicted octanol–water partition coefficient (Wildman–Crippen LogP) is 5.31. The number of amides is 2. The Kier molecular flexibility index (Phi) is 6.98.